The summed E-state index contributed by atoms with van der Waals surface area (Å²) < 4.78 is 12.1. The number of piperidine rings is 4. The van der Waals surface area contributed by atoms with Gasteiger partial charge < -0.3 is 31.6 Å². The van der Waals surface area contributed by atoms with Gasteiger partial charge in [-0.3, -0.25) is 25.0 Å². The van der Waals surface area contributed by atoms with Crippen LogP contribution in [0, 0.1) is 26.0 Å². The summed E-state index contributed by atoms with van der Waals surface area (Å²) in [5.74, 6) is -0.467. The van der Waals surface area contributed by atoms with Crippen LogP contribution < -0.4 is 74.6 Å². The van der Waals surface area contributed by atoms with Crippen LogP contribution in [0.5, 0.6) is 0 Å². The molecule has 6 rings (SSSR count). The van der Waals surface area contributed by atoms with E-state index < -0.39 is 10.7 Å². The van der Waals surface area contributed by atoms with Gasteiger partial charge in [-0.15, -0.1) is 0 Å². The Morgan fingerprint density at radius 3 is 1.47 bits per heavy atom. The minimum Gasteiger partial charge on any atom is -1.00 e. The number of rotatable bonds is 6. The number of non-ortho nitro benzene ring substituents is 2. The van der Waals surface area contributed by atoms with Gasteiger partial charge in [-0.1, -0.05) is 12.8 Å². The normalized spacial score (nSPS) is 18.6. The van der Waals surface area contributed by atoms with Crippen LogP contribution in [0.15, 0.2) is 48.5 Å². The molecule has 4 heterocycles. The van der Waals surface area contributed by atoms with Gasteiger partial charge in [0.05, 0.1) is 9.85 Å². The number of nitrogens with zero attached hydrogens (tertiary/aromatic N) is 5. The van der Waals surface area contributed by atoms with E-state index >= 15 is 0 Å². The predicted octanol–water partition coefficient (Wildman–Crippen LogP) is -1.44. The maximum absolute atomic E-state index is 12.1. The molecule has 0 amide bonds. The van der Waals surface area contributed by atoms with Crippen molar-refractivity contribution in [1.82, 2.24) is 15.1 Å². The molecule has 0 radical (unpaired) electrons. The number of likely N-dealkylation sites (tertiary alicyclic amines) is 2. The van der Waals surface area contributed by atoms with Crippen molar-refractivity contribution in [2.75, 3.05) is 57.3 Å². The Hall–Kier alpha value is -1.72. The Bertz CT molecular complexity index is 1180. The summed E-state index contributed by atoms with van der Waals surface area (Å²) in [6.07, 6.45) is 13.6. The Morgan fingerprint density at radius 1 is 0.694 bits per heavy atom. The molecule has 0 atom stereocenters. The number of carbonyl (C=O) groups is 1. The number of nitro benzene ring substituents is 2. The molecule has 0 bridgehead atoms. The van der Waals surface area contributed by atoms with Crippen LogP contribution in [0.1, 0.15) is 65.6 Å². The SMILES string of the molecule is C1CCN(C2CCNCC2)CC1.O=CO[O-].O=[N+]([O-])c1ccc(F)cc1.O=[N+]([O-])c1ccc(N2CCC(N3CCCCC3)CC2)cc1.[H-].[Na+].[Na+]. The molecule has 0 aliphatic carbocycles. The summed E-state index contributed by atoms with van der Waals surface area (Å²) >= 11 is 0. The van der Waals surface area contributed by atoms with Crippen molar-refractivity contribution < 1.29 is 89.7 Å². The molecule has 0 saturated carbocycles. The van der Waals surface area contributed by atoms with Crippen LogP contribution in [0.3, 0.4) is 0 Å². The maximum atomic E-state index is 12.1. The molecule has 2 aromatic carbocycles. The molecule has 4 saturated heterocycles. The van der Waals surface area contributed by atoms with E-state index in [1.54, 1.807) is 12.1 Å². The van der Waals surface area contributed by atoms with Crippen LogP contribution >= 0.6 is 0 Å². The molecule has 13 nitrogen and oxygen atoms in total. The first kappa shape index (κ1) is 45.3. The van der Waals surface area contributed by atoms with Crippen LogP contribution in [-0.4, -0.2) is 90.6 Å². The quantitative estimate of drug-likeness (QED) is 0.123. The smallest absolute Gasteiger partial charge is 1.00 e. The second-order valence-corrected chi connectivity index (χ2v) is 12.1. The van der Waals surface area contributed by atoms with Gasteiger partial charge in [0, 0.05) is 55.1 Å². The van der Waals surface area contributed by atoms with Crippen molar-refractivity contribution in [2.24, 2.45) is 0 Å². The zero-order valence-electron chi connectivity index (χ0n) is 30.1. The second kappa shape index (κ2) is 26.1. The van der Waals surface area contributed by atoms with E-state index in [0.717, 1.165) is 55.1 Å². The minimum atomic E-state index is -0.570. The second-order valence-electron chi connectivity index (χ2n) is 12.1. The zero-order valence-corrected chi connectivity index (χ0v) is 33.1. The Kier molecular flexibility index (Phi) is 24.1. The average molecular weight is 707 g/mol. The van der Waals surface area contributed by atoms with Gasteiger partial charge in [0.15, 0.2) is 0 Å². The maximum Gasteiger partial charge on any atom is 1.00 e. The molecule has 49 heavy (non-hydrogen) atoms. The van der Waals surface area contributed by atoms with Gasteiger partial charge in [0.25, 0.3) is 17.8 Å². The van der Waals surface area contributed by atoms with E-state index in [-0.39, 0.29) is 83.3 Å². The van der Waals surface area contributed by atoms with Crippen LogP contribution in [0.25, 0.3) is 0 Å². The summed E-state index contributed by atoms with van der Waals surface area (Å²) in [7, 11) is 0. The van der Waals surface area contributed by atoms with E-state index in [9.17, 15) is 24.6 Å². The largest absolute Gasteiger partial charge is 1.00 e. The molecular formula is C33H49FN6Na2O7. The Morgan fingerprint density at radius 2 is 1.08 bits per heavy atom. The number of carbonyl (C=O) groups excluding carboxylic acids is 1. The zero-order chi connectivity index (χ0) is 33.9. The molecule has 0 aromatic heterocycles. The molecule has 4 fully saturated rings. The topological polar surface area (TPSA) is 157 Å². The van der Waals surface area contributed by atoms with Crippen LogP contribution in [0.4, 0.5) is 21.5 Å². The fourth-order valence-corrected chi connectivity index (χ4v) is 6.58. The molecule has 16 heteroatoms. The first-order valence-electron chi connectivity index (χ1n) is 16.6. The van der Waals surface area contributed by atoms with E-state index in [4.69, 9.17) is 10.1 Å². The van der Waals surface area contributed by atoms with Gasteiger partial charge >= 0.3 is 59.1 Å². The van der Waals surface area contributed by atoms with E-state index in [2.05, 4.69) is 24.9 Å². The van der Waals surface area contributed by atoms with Crippen LogP contribution in [-0.2, 0) is 9.68 Å². The fraction of sp³-hybridized carbons (Fsp3) is 0.606. The van der Waals surface area contributed by atoms with Gasteiger partial charge in [0.2, 0.25) is 0 Å². The van der Waals surface area contributed by atoms with Crippen molar-refractivity contribution in [1.29, 1.82) is 0 Å². The summed E-state index contributed by atoms with van der Waals surface area (Å²) in [6.45, 7) is 9.67. The summed E-state index contributed by atoms with van der Waals surface area (Å²) in [5, 5.41) is 32.5. The molecule has 262 valence electrons. The number of hydrogen-bond acceptors (Lipinski definition) is 11. The van der Waals surface area contributed by atoms with Crippen molar-refractivity contribution in [3.8, 4) is 0 Å². The van der Waals surface area contributed by atoms with E-state index in [0.29, 0.717) is 0 Å². The van der Waals surface area contributed by atoms with Crippen molar-refractivity contribution in [2.45, 2.75) is 76.3 Å². The first-order valence-corrected chi connectivity index (χ1v) is 16.6. The molecule has 2 aromatic rings. The summed E-state index contributed by atoms with van der Waals surface area (Å²) in [4.78, 5) is 38.8. The monoisotopic (exact) mass is 706 g/mol. The molecule has 0 unspecified atom stereocenters. The number of halogens is 1. The van der Waals surface area contributed by atoms with E-state index in [1.807, 2.05) is 12.1 Å². The molecule has 1 N–H and O–H groups in total. The summed E-state index contributed by atoms with van der Waals surface area (Å²) in [6, 6.07) is 12.9. The number of hydrogen-bond donors (Lipinski definition) is 1. The van der Waals surface area contributed by atoms with Crippen molar-refractivity contribution >= 4 is 23.5 Å². The van der Waals surface area contributed by atoms with Crippen molar-refractivity contribution in [3.63, 3.8) is 0 Å². The standard InChI is InChI=1S/C16H23N3O2.C10H20N2.C6H4FNO2.CH2O3.2Na.H/c20-19(21)16-6-4-14(5-7-16)18-12-8-15(9-13-18)17-10-2-1-3-11-17;1-2-8-12(9-3-1)10-4-6-11-7-5-10;7-5-1-3-6(4-2-5)8(9)10;2-1-4-3;;;/h4-7,15H,1-3,8-13H2;10-11H,1-9H2;1-4H;1,3H;;;/q;;;;2*+1;-1/p-1. The number of anilines is 1. The number of nitrogens with one attached hydrogen (secondary N) is 1. The number of nitro groups is 2. The van der Waals surface area contributed by atoms with Gasteiger partial charge in [-0.25, -0.2) is 4.39 Å². The molecular weight excluding hydrogens is 657 g/mol. The third-order valence-electron chi connectivity index (χ3n) is 9.09. The van der Waals surface area contributed by atoms with Crippen LogP contribution in [0.2, 0.25) is 0 Å². The Labute approximate surface area is 334 Å². The fourth-order valence-electron chi connectivity index (χ4n) is 6.58. The van der Waals surface area contributed by atoms with Gasteiger partial charge in [-0.05, 0) is 115 Å². The molecule has 4 aliphatic heterocycles. The van der Waals surface area contributed by atoms with E-state index in [1.165, 1.54) is 103 Å². The molecule has 4 aliphatic rings. The van der Waals surface area contributed by atoms with Crippen molar-refractivity contribution in [3.05, 3.63) is 74.6 Å². The van der Waals surface area contributed by atoms with Gasteiger partial charge in [-0.2, -0.15) is 0 Å². The first-order chi connectivity index (χ1) is 22.8. The number of benzene rings is 2. The average Bonchev–Trinajstić information content (AvgIpc) is 3.14. The Balaban J connectivity index is 0.000000711. The third-order valence-corrected chi connectivity index (χ3v) is 9.09. The summed E-state index contributed by atoms with van der Waals surface area (Å²) in [5.41, 5.74) is 1.18. The third kappa shape index (κ3) is 16.9. The predicted molar refractivity (Wildman–Crippen MR) is 176 cm³/mol. The van der Waals surface area contributed by atoms with Gasteiger partial charge in [0.1, 0.15) is 5.82 Å². The molecule has 0 spiro atoms. The minimum absolute atomic E-state index is 0.